The molecule has 2 nitrogen and oxygen atoms in total. The second-order valence-corrected chi connectivity index (χ2v) is 6.20. The fourth-order valence-electron chi connectivity index (χ4n) is 2.07. The molecule has 2 heterocycles. The summed E-state index contributed by atoms with van der Waals surface area (Å²) in [5.74, 6) is 0. The van der Waals surface area contributed by atoms with Gasteiger partial charge in [0.05, 0.1) is 0 Å². The van der Waals surface area contributed by atoms with Crippen molar-refractivity contribution in [1.82, 2.24) is 9.97 Å². The van der Waals surface area contributed by atoms with Gasteiger partial charge in [-0.25, -0.2) is 0 Å². The lowest BCUT2D eigenvalue weighted by atomic mass is 10.1. The highest BCUT2D eigenvalue weighted by molar-refractivity contribution is 9.09. The van der Waals surface area contributed by atoms with E-state index >= 15 is 0 Å². The molecule has 2 rings (SSSR count). The molecule has 0 bridgehead atoms. The normalized spacial score (nSPS) is 10.7. The molecular formula is C16H18Br2N2. The number of hydrogen-bond donors (Lipinski definition) is 0. The van der Waals surface area contributed by atoms with Crippen LogP contribution in [0.2, 0.25) is 0 Å². The average molecular weight is 398 g/mol. The van der Waals surface area contributed by atoms with Crippen LogP contribution in [0.5, 0.6) is 0 Å². The van der Waals surface area contributed by atoms with Crippen molar-refractivity contribution in [3.63, 3.8) is 0 Å². The number of halogens is 2. The maximum atomic E-state index is 4.67. The van der Waals surface area contributed by atoms with Crippen molar-refractivity contribution in [2.45, 2.75) is 25.7 Å². The molecule has 0 spiro atoms. The van der Waals surface area contributed by atoms with Crippen molar-refractivity contribution in [3.05, 3.63) is 59.2 Å². The van der Waals surface area contributed by atoms with Gasteiger partial charge in [-0.05, 0) is 49.9 Å². The molecule has 106 valence electrons. The topological polar surface area (TPSA) is 25.8 Å². The van der Waals surface area contributed by atoms with Crippen LogP contribution in [-0.2, 0) is 25.7 Å². The van der Waals surface area contributed by atoms with Gasteiger partial charge in [0.1, 0.15) is 0 Å². The quantitative estimate of drug-likeness (QED) is 0.656. The van der Waals surface area contributed by atoms with Gasteiger partial charge in [-0.3, -0.25) is 9.97 Å². The Kier molecular flexibility index (Phi) is 6.67. The first kappa shape index (κ1) is 15.6. The molecule has 0 radical (unpaired) electrons. The van der Waals surface area contributed by atoms with Crippen molar-refractivity contribution in [2.75, 3.05) is 10.7 Å². The molecule has 0 amide bonds. The maximum absolute atomic E-state index is 4.67. The number of pyridine rings is 2. The van der Waals surface area contributed by atoms with Gasteiger partial charge in [0, 0.05) is 33.4 Å². The van der Waals surface area contributed by atoms with Gasteiger partial charge in [0.2, 0.25) is 0 Å². The van der Waals surface area contributed by atoms with Crippen LogP contribution in [0.25, 0.3) is 0 Å². The first-order chi connectivity index (χ1) is 9.81. The van der Waals surface area contributed by atoms with Crippen LogP contribution in [0.15, 0.2) is 36.4 Å². The molecule has 0 fully saturated rings. The Hall–Kier alpha value is -0.740. The summed E-state index contributed by atoms with van der Waals surface area (Å²) in [7, 11) is 0. The molecule has 0 aliphatic rings. The maximum Gasteiger partial charge on any atom is 0.0415 e. The van der Waals surface area contributed by atoms with Crippen LogP contribution in [0.3, 0.4) is 0 Å². The second kappa shape index (κ2) is 8.53. The molecule has 0 N–H and O–H groups in total. The van der Waals surface area contributed by atoms with Gasteiger partial charge >= 0.3 is 0 Å². The van der Waals surface area contributed by atoms with Crippen molar-refractivity contribution < 1.29 is 0 Å². The van der Waals surface area contributed by atoms with E-state index in [1.165, 1.54) is 0 Å². The minimum atomic E-state index is 0.945. The Morgan fingerprint density at radius 2 is 0.950 bits per heavy atom. The summed E-state index contributed by atoms with van der Waals surface area (Å²) in [5.41, 5.74) is 4.60. The van der Waals surface area contributed by atoms with Gasteiger partial charge in [-0.15, -0.1) is 0 Å². The van der Waals surface area contributed by atoms with E-state index in [1.54, 1.807) is 0 Å². The number of rotatable bonds is 7. The minimum Gasteiger partial charge on any atom is -0.258 e. The Labute approximate surface area is 137 Å². The average Bonchev–Trinajstić information content (AvgIpc) is 2.47. The van der Waals surface area contributed by atoms with Gasteiger partial charge in [0.15, 0.2) is 0 Å². The van der Waals surface area contributed by atoms with Crippen LogP contribution in [0.1, 0.15) is 22.8 Å². The Morgan fingerprint density at radius 3 is 1.30 bits per heavy atom. The molecule has 0 saturated heterocycles. The summed E-state index contributed by atoms with van der Waals surface area (Å²) in [6.45, 7) is 0. The standard InChI is InChI=1S/C16H18Br2N2/c17-11-9-15-5-1-3-13(19-15)7-8-14-4-2-6-16(20-14)10-12-18/h1-6H,7-12H2. The van der Waals surface area contributed by atoms with Crippen molar-refractivity contribution in [2.24, 2.45) is 0 Å². The van der Waals surface area contributed by atoms with E-state index in [2.05, 4.69) is 78.2 Å². The van der Waals surface area contributed by atoms with Crippen LogP contribution < -0.4 is 0 Å². The van der Waals surface area contributed by atoms with Crippen molar-refractivity contribution >= 4 is 31.9 Å². The van der Waals surface area contributed by atoms with Gasteiger partial charge in [-0.2, -0.15) is 0 Å². The summed E-state index contributed by atoms with van der Waals surface area (Å²) in [6.07, 6.45) is 3.85. The Balaban J connectivity index is 1.97. The molecule has 0 saturated carbocycles. The molecular weight excluding hydrogens is 380 g/mol. The van der Waals surface area contributed by atoms with Crippen LogP contribution in [0, 0.1) is 0 Å². The van der Waals surface area contributed by atoms with Gasteiger partial charge in [0.25, 0.3) is 0 Å². The number of alkyl halides is 2. The van der Waals surface area contributed by atoms with E-state index < -0.39 is 0 Å². The number of nitrogens with zero attached hydrogens (tertiary/aromatic N) is 2. The highest BCUT2D eigenvalue weighted by Crippen LogP contribution is 2.08. The molecule has 20 heavy (non-hydrogen) atoms. The molecule has 0 atom stereocenters. The molecule has 0 aliphatic heterocycles. The highest BCUT2D eigenvalue weighted by atomic mass is 79.9. The van der Waals surface area contributed by atoms with Gasteiger partial charge < -0.3 is 0 Å². The first-order valence-electron chi connectivity index (χ1n) is 6.83. The molecule has 0 aliphatic carbocycles. The molecule has 4 heteroatoms. The highest BCUT2D eigenvalue weighted by Gasteiger charge is 2.01. The largest absolute Gasteiger partial charge is 0.258 e. The number of aromatic nitrogens is 2. The molecule has 2 aromatic rings. The first-order valence-corrected chi connectivity index (χ1v) is 9.07. The minimum absolute atomic E-state index is 0.945. The molecule has 0 aromatic carbocycles. The lowest BCUT2D eigenvalue weighted by molar-refractivity contribution is 0.850. The van der Waals surface area contributed by atoms with Crippen LogP contribution in [-0.4, -0.2) is 20.6 Å². The van der Waals surface area contributed by atoms with Crippen molar-refractivity contribution in [1.29, 1.82) is 0 Å². The predicted octanol–water partition coefficient (Wildman–Crippen LogP) is 4.14. The van der Waals surface area contributed by atoms with Gasteiger partial charge in [-0.1, -0.05) is 44.0 Å². The zero-order valence-electron chi connectivity index (χ0n) is 11.4. The van der Waals surface area contributed by atoms with Crippen molar-refractivity contribution in [3.8, 4) is 0 Å². The predicted molar refractivity (Wildman–Crippen MR) is 90.9 cm³/mol. The van der Waals surface area contributed by atoms with E-state index in [0.717, 1.165) is 59.1 Å². The Morgan fingerprint density at radius 1 is 0.600 bits per heavy atom. The van der Waals surface area contributed by atoms with Crippen LogP contribution in [0.4, 0.5) is 0 Å². The summed E-state index contributed by atoms with van der Waals surface area (Å²) in [5, 5.41) is 1.92. The van der Waals surface area contributed by atoms with Crippen LogP contribution >= 0.6 is 31.9 Å². The summed E-state index contributed by atoms with van der Waals surface area (Å²) >= 11 is 6.91. The monoisotopic (exact) mass is 396 g/mol. The summed E-state index contributed by atoms with van der Waals surface area (Å²) in [4.78, 5) is 9.34. The number of aryl methyl sites for hydroxylation is 4. The Bertz CT molecular complexity index is 494. The molecule has 2 aromatic heterocycles. The third-order valence-corrected chi connectivity index (χ3v) is 3.86. The third-order valence-electron chi connectivity index (χ3n) is 3.07. The van der Waals surface area contributed by atoms with E-state index in [1.807, 2.05) is 0 Å². The third kappa shape index (κ3) is 4.98. The second-order valence-electron chi connectivity index (χ2n) is 4.62. The SMILES string of the molecule is BrCCc1cccc(CCc2cccc(CCBr)n2)n1. The summed E-state index contributed by atoms with van der Waals surface area (Å²) in [6, 6.07) is 12.5. The van der Waals surface area contributed by atoms with E-state index in [-0.39, 0.29) is 0 Å². The smallest absolute Gasteiger partial charge is 0.0415 e. The van der Waals surface area contributed by atoms with E-state index in [4.69, 9.17) is 0 Å². The zero-order chi connectivity index (χ0) is 14.2. The fourth-order valence-corrected chi connectivity index (χ4v) is 2.88. The molecule has 0 unspecified atom stereocenters. The zero-order valence-corrected chi connectivity index (χ0v) is 14.5. The summed E-state index contributed by atoms with van der Waals surface area (Å²) < 4.78 is 0. The van der Waals surface area contributed by atoms with E-state index in [0.29, 0.717) is 0 Å². The lowest BCUT2D eigenvalue weighted by Gasteiger charge is -2.05. The lowest BCUT2D eigenvalue weighted by Crippen LogP contribution is -2.01. The van der Waals surface area contributed by atoms with E-state index in [9.17, 15) is 0 Å². The number of hydrogen-bond acceptors (Lipinski definition) is 2. The fraction of sp³-hybridized carbons (Fsp3) is 0.375.